The van der Waals surface area contributed by atoms with Crippen LogP contribution in [0.2, 0.25) is 0 Å². The number of fused-ring (bicyclic) bond motifs is 1. The van der Waals surface area contributed by atoms with Crippen molar-refractivity contribution in [2.75, 3.05) is 6.54 Å². The van der Waals surface area contributed by atoms with Crippen LogP contribution in [0.25, 0.3) is 11.0 Å². The molecular weight excluding hydrogens is 238 g/mol. The van der Waals surface area contributed by atoms with Gasteiger partial charge in [-0.2, -0.15) is 0 Å². The van der Waals surface area contributed by atoms with Gasteiger partial charge in [0.2, 0.25) is 0 Å². The van der Waals surface area contributed by atoms with Gasteiger partial charge in [0.05, 0.1) is 16.6 Å². The van der Waals surface area contributed by atoms with Crippen molar-refractivity contribution < 1.29 is 5.11 Å². The number of nitrogens with zero attached hydrogens (tertiary/aromatic N) is 2. The number of nitrogens with two attached hydrogens (primary N) is 1. The molecule has 1 aromatic carbocycles. The van der Waals surface area contributed by atoms with Crippen LogP contribution >= 0.6 is 0 Å². The second-order valence-corrected chi connectivity index (χ2v) is 6.24. The highest BCUT2D eigenvalue weighted by Crippen LogP contribution is 2.32. The Bertz CT molecular complexity index is 583. The minimum atomic E-state index is -0.956. The Morgan fingerprint density at radius 2 is 1.89 bits per heavy atom. The first-order chi connectivity index (χ1) is 8.78. The number of aliphatic hydroxyl groups is 1. The molecule has 0 saturated heterocycles. The maximum atomic E-state index is 10.8. The molecule has 1 unspecified atom stereocenters. The molecule has 0 aliphatic carbocycles. The number of hydrogen-bond donors (Lipinski definition) is 2. The number of para-hydroxylation sites is 2. The van der Waals surface area contributed by atoms with Gasteiger partial charge < -0.3 is 15.4 Å². The molecule has 0 aliphatic rings. The van der Waals surface area contributed by atoms with Crippen LogP contribution in [0.1, 0.15) is 26.6 Å². The minimum Gasteiger partial charge on any atom is -0.388 e. The number of aromatic nitrogens is 2. The molecule has 19 heavy (non-hydrogen) atoms. The highest BCUT2D eigenvalue weighted by molar-refractivity contribution is 5.75. The van der Waals surface area contributed by atoms with E-state index in [1.807, 2.05) is 56.7 Å². The fourth-order valence-electron chi connectivity index (χ4n) is 2.26. The molecule has 4 heteroatoms. The fraction of sp³-hybridized carbons (Fsp3) is 0.533. The molecule has 0 aliphatic heterocycles. The molecule has 2 rings (SSSR count). The monoisotopic (exact) mass is 261 g/mol. The Hall–Kier alpha value is -1.39. The normalized spacial score (nSPS) is 15.7. The van der Waals surface area contributed by atoms with Crippen molar-refractivity contribution in [3.8, 4) is 0 Å². The average Bonchev–Trinajstić information content (AvgIpc) is 2.65. The molecule has 2 aromatic rings. The van der Waals surface area contributed by atoms with Crippen molar-refractivity contribution in [3.05, 3.63) is 30.1 Å². The average molecular weight is 261 g/mol. The topological polar surface area (TPSA) is 64.1 Å². The lowest BCUT2D eigenvalue weighted by molar-refractivity contribution is -0.0508. The third-order valence-corrected chi connectivity index (χ3v) is 4.06. The van der Waals surface area contributed by atoms with Crippen LogP contribution in [0.3, 0.4) is 0 Å². The Morgan fingerprint density at radius 3 is 2.42 bits per heavy atom. The van der Waals surface area contributed by atoms with Gasteiger partial charge in [-0.05, 0) is 17.5 Å². The van der Waals surface area contributed by atoms with Crippen LogP contribution in [0.5, 0.6) is 0 Å². The second-order valence-electron chi connectivity index (χ2n) is 6.24. The van der Waals surface area contributed by atoms with E-state index >= 15 is 0 Å². The van der Waals surface area contributed by atoms with Gasteiger partial charge in [0, 0.05) is 20.0 Å². The fourth-order valence-corrected chi connectivity index (χ4v) is 2.26. The zero-order valence-electron chi connectivity index (χ0n) is 12.1. The van der Waals surface area contributed by atoms with Crippen LogP contribution in [0.15, 0.2) is 24.3 Å². The number of imidazole rings is 1. The summed E-state index contributed by atoms with van der Waals surface area (Å²) in [7, 11) is 1.98. The molecule has 3 N–H and O–H groups in total. The Balaban J connectivity index is 2.43. The summed E-state index contributed by atoms with van der Waals surface area (Å²) in [5.41, 5.74) is 6.58. The summed E-state index contributed by atoms with van der Waals surface area (Å²) < 4.78 is 2.03. The summed E-state index contributed by atoms with van der Waals surface area (Å²) in [6.07, 6.45) is 0.457. The molecule has 0 radical (unpaired) electrons. The van der Waals surface area contributed by atoms with Crippen molar-refractivity contribution in [2.45, 2.75) is 32.8 Å². The summed E-state index contributed by atoms with van der Waals surface area (Å²) in [6, 6.07) is 7.98. The van der Waals surface area contributed by atoms with E-state index in [1.54, 1.807) is 0 Å². The largest absolute Gasteiger partial charge is 0.388 e. The quantitative estimate of drug-likeness (QED) is 0.886. The Labute approximate surface area is 114 Å². The highest BCUT2D eigenvalue weighted by atomic mass is 16.3. The summed E-state index contributed by atoms with van der Waals surface area (Å²) in [5.74, 6) is 0.865. The zero-order valence-corrected chi connectivity index (χ0v) is 12.1. The zero-order chi connectivity index (χ0) is 14.3. The Kier molecular flexibility index (Phi) is 3.41. The molecule has 0 saturated carbocycles. The van der Waals surface area contributed by atoms with Gasteiger partial charge in [0.15, 0.2) is 0 Å². The molecule has 0 fully saturated rings. The molecule has 1 heterocycles. The second kappa shape index (κ2) is 4.62. The number of hydrogen-bond acceptors (Lipinski definition) is 3. The maximum Gasteiger partial charge on any atom is 0.112 e. The van der Waals surface area contributed by atoms with Gasteiger partial charge in [0.1, 0.15) is 5.82 Å². The number of rotatable bonds is 3. The first kappa shape index (κ1) is 14.0. The van der Waals surface area contributed by atoms with Crippen LogP contribution < -0.4 is 5.73 Å². The van der Waals surface area contributed by atoms with Gasteiger partial charge in [-0.25, -0.2) is 4.98 Å². The summed E-state index contributed by atoms with van der Waals surface area (Å²) in [6.45, 7) is 6.23. The van der Waals surface area contributed by atoms with Crippen LogP contribution in [0.4, 0.5) is 0 Å². The molecular formula is C15H23N3O. The van der Waals surface area contributed by atoms with Crippen molar-refractivity contribution >= 4 is 11.0 Å². The van der Waals surface area contributed by atoms with E-state index in [0.717, 1.165) is 16.9 Å². The van der Waals surface area contributed by atoms with Gasteiger partial charge in [0.25, 0.3) is 0 Å². The third kappa shape index (κ3) is 2.38. The molecule has 104 valence electrons. The summed E-state index contributed by atoms with van der Waals surface area (Å²) >= 11 is 0. The first-order valence-corrected chi connectivity index (χ1v) is 6.61. The summed E-state index contributed by atoms with van der Waals surface area (Å²) in [4.78, 5) is 4.61. The van der Waals surface area contributed by atoms with Gasteiger partial charge >= 0.3 is 0 Å². The van der Waals surface area contributed by atoms with Gasteiger partial charge in [-0.3, -0.25) is 0 Å². The smallest absolute Gasteiger partial charge is 0.112 e. The van der Waals surface area contributed by atoms with Gasteiger partial charge in [-0.15, -0.1) is 0 Å². The van der Waals surface area contributed by atoms with Gasteiger partial charge in [-0.1, -0.05) is 32.9 Å². The number of benzene rings is 1. The highest BCUT2D eigenvalue weighted by Gasteiger charge is 2.40. The van der Waals surface area contributed by atoms with Crippen LogP contribution in [-0.4, -0.2) is 26.8 Å². The third-order valence-electron chi connectivity index (χ3n) is 4.06. The predicted molar refractivity (Wildman–Crippen MR) is 77.9 cm³/mol. The van der Waals surface area contributed by atoms with E-state index in [1.165, 1.54) is 0 Å². The molecule has 0 spiro atoms. The SMILES string of the molecule is Cn1c(CC(O)(CN)C(C)(C)C)nc2ccccc21. The summed E-state index contributed by atoms with van der Waals surface area (Å²) in [5, 5.41) is 10.8. The van der Waals surface area contributed by atoms with E-state index in [9.17, 15) is 5.11 Å². The lowest BCUT2D eigenvalue weighted by Crippen LogP contribution is -2.51. The first-order valence-electron chi connectivity index (χ1n) is 6.61. The van der Waals surface area contributed by atoms with E-state index < -0.39 is 5.60 Å². The van der Waals surface area contributed by atoms with Crippen molar-refractivity contribution in [3.63, 3.8) is 0 Å². The Morgan fingerprint density at radius 1 is 1.26 bits per heavy atom. The lowest BCUT2D eigenvalue weighted by atomic mass is 9.74. The van der Waals surface area contributed by atoms with Crippen LogP contribution in [0, 0.1) is 5.41 Å². The van der Waals surface area contributed by atoms with E-state index in [2.05, 4.69) is 4.98 Å². The van der Waals surface area contributed by atoms with Crippen molar-refractivity contribution in [2.24, 2.45) is 18.2 Å². The molecule has 1 atom stereocenters. The minimum absolute atomic E-state index is 0.222. The van der Waals surface area contributed by atoms with Crippen molar-refractivity contribution in [1.82, 2.24) is 9.55 Å². The molecule has 4 nitrogen and oxygen atoms in total. The molecule has 1 aromatic heterocycles. The van der Waals surface area contributed by atoms with Crippen molar-refractivity contribution in [1.29, 1.82) is 0 Å². The van der Waals surface area contributed by atoms with E-state index in [0.29, 0.717) is 6.42 Å². The molecule has 0 amide bonds. The molecule has 0 bridgehead atoms. The maximum absolute atomic E-state index is 10.8. The van der Waals surface area contributed by atoms with E-state index in [4.69, 9.17) is 5.73 Å². The lowest BCUT2D eigenvalue weighted by Gasteiger charge is -2.39. The van der Waals surface area contributed by atoms with E-state index in [-0.39, 0.29) is 12.0 Å². The standard InChI is InChI=1S/C15H23N3O/c1-14(2,3)15(19,10-16)9-13-17-11-7-5-6-8-12(11)18(13)4/h5-8,19H,9-10,16H2,1-4H3. The predicted octanol–water partition coefficient (Wildman–Crippen LogP) is 1.85. The van der Waals surface area contributed by atoms with Crippen LogP contribution in [-0.2, 0) is 13.5 Å². The number of aryl methyl sites for hydroxylation is 1.